The van der Waals surface area contributed by atoms with E-state index in [-0.39, 0.29) is 17.6 Å². The molecule has 1 fully saturated rings. The van der Waals surface area contributed by atoms with Crippen molar-refractivity contribution in [1.29, 1.82) is 0 Å². The Kier molecular flexibility index (Phi) is 2.77. The number of aromatic nitrogens is 2. The first-order valence-corrected chi connectivity index (χ1v) is 6.70. The highest BCUT2D eigenvalue weighted by Crippen LogP contribution is 2.31. The monoisotopic (exact) mass is 244 g/mol. The van der Waals surface area contributed by atoms with Gasteiger partial charge in [0.1, 0.15) is 0 Å². The molecule has 1 aromatic rings. The number of sulfonamides is 1. The number of aromatic amines is 1. The van der Waals surface area contributed by atoms with Crippen LogP contribution in [0.1, 0.15) is 24.6 Å². The molecule has 0 amide bonds. The minimum Gasteiger partial charge on any atom is -0.326 e. The number of nitrogens with zero attached hydrogens (tertiary/aromatic N) is 1. The van der Waals surface area contributed by atoms with E-state index in [1.165, 1.54) is 0 Å². The molecule has 1 aromatic heterocycles. The molecule has 2 atom stereocenters. The summed E-state index contributed by atoms with van der Waals surface area (Å²) in [5.41, 5.74) is 6.77. The lowest BCUT2D eigenvalue weighted by molar-refractivity contribution is 0.572. The van der Waals surface area contributed by atoms with Gasteiger partial charge in [0.15, 0.2) is 5.03 Å². The molecule has 1 aliphatic carbocycles. The molecule has 2 rings (SSSR count). The van der Waals surface area contributed by atoms with E-state index in [0.717, 1.165) is 6.42 Å². The predicted octanol–water partition coefficient (Wildman–Crippen LogP) is -0.136. The van der Waals surface area contributed by atoms with E-state index in [1.54, 1.807) is 6.92 Å². The fourth-order valence-electron chi connectivity index (χ4n) is 1.63. The van der Waals surface area contributed by atoms with Gasteiger partial charge < -0.3 is 5.73 Å². The standard InChI is InChI=1S/C9H16N4O2S/c1-5-3-8(5)13-16(14,15)9-7(4-10)6(2)11-12-9/h5,8,13H,3-4,10H2,1-2H3,(H,11,12). The molecule has 0 spiro atoms. The third kappa shape index (κ3) is 1.98. The Morgan fingerprint density at radius 1 is 1.62 bits per heavy atom. The van der Waals surface area contributed by atoms with Crippen molar-refractivity contribution in [2.24, 2.45) is 11.7 Å². The molecule has 7 heteroatoms. The molecule has 16 heavy (non-hydrogen) atoms. The minimum absolute atomic E-state index is 0.0339. The summed E-state index contributed by atoms with van der Waals surface area (Å²) in [5.74, 6) is 0.413. The van der Waals surface area contributed by atoms with Crippen LogP contribution in [0.25, 0.3) is 0 Å². The van der Waals surface area contributed by atoms with Crippen molar-refractivity contribution >= 4 is 10.0 Å². The van der Waals surface area contributed by atoms with Gasteiger partial charge in [0, 0.05) is 23.8 Å². The number of nitrogens with two attached hydrogens (primary N) is 1. The Bertz CT molecular complexity index is 494. The first-order valence-electron chi connectivity index (χ1n) is 5.22. The number of nitrogens with one attached hydrogen (secondary N) is 2. The summed E-state index contributed by atoms with van der Waals surface area (Å²) in [4.78, 5) is 0. The molecule has 90 valence electrons. The molecule has 0 bridgehead atoms. The highest BCUT2D eigenvalue weighted by molar-refractivity contribution is 7.89. The lowest BCUT2D eigenvalue weighted by Crippen LogP contribution is -2.28. The van der Waals surface area contributed by atoms with Crippen LogP contribution in [0.5, 0.6) is 0 Å². The van der Waals surface area contributed by atoms with Crippen molar-refractivity contribution in [2.45, 2.75) is 37.9 Å². The fourth-order valence-corrected chi connectivity index (χ4v) is 3.20. The van der Waals surface area contributed by atoms with Gasteiger partial charge in [0.25, 0.3) is 10.0 Å². The second-order valence-corrected chi connectivity index (χ2v) is 5.91. The Morgan fingerprint density at radius 3 is 2.75 bits per heavy atom. The molecule has 0 saturated heterocycles. The van der Waals surface area contributed by atoms with Crippen molar-refractivity contribution in [1.82, 2.24) is 14.9 Å². The first-order chi connectivity index (χ1) is 7.45. The van der Waals surface area contributed by atoms with Crippen LogP contribution in [-0.2, 0) is 16.6 Å². The van der Waals surface area contributed by atoms with E-state index in [1.807, 2.05) is 6.92 Å². The van der Waals surface area contributed by atoms with Crippen molar-refractivity contribution in [2.75, 3.05) is 0 Å². The van der Waals surface area contributed by atoms with E-state index in [4.69, 9.17) is 5.73 Å². The second kappa shape index (κ2) is 3.83. The average molecular weight is 244 g/mol. The molecule has 1 saturated carbocycles. The summed E-state index contributed by atoms with van der Waals surface area (Å²) in [6.07, 6.45) is 0.889. The second-order valence-electron chi connectivity index (χ2n) is 4.28. The van der Waals surface area contributed by atoms with Gasteiger partial charge in [-0.3, -0.25) is 5.10 Å². The summed E-state index contributed by atoms with van der Waals surface area (Å²) in [6.45, 7) is 3.93. The van der Waals surface area contributed by atoms with Gasteiger partial charge in [-0.05, 0) is 19.3 Å². The Labute approximate surface area is 94.7 Å². The summed E-state index contributed by atoms with van der Waals surface area (Å²) in [7, 11) is -3.52. The number of hydrogen-bond donors (Lipinski definition) is 3. The Morgan fingerprint density at radius 2 is 2.25 bits per heavy atom. The van der Waals surface area contributed by atoms with Gasteiger partial charge in [0.2, 0.25) is 0 Å². The molecule has 0 radical (unpaired) electrons. The summed E-state index contributed by atoms with van der Waals surface area (Å²) >= 11 is 0. The van der Waals surface area contributed by atoms with Crippen molar-refractivity contribution < 1.29 is 8.42 Å². The molecule has 1 heterocycles. The Balaban J connectivity index is 2.28. The molecule has 6 nitrogen and oxygen atoms in total. The molecule has 2 unspecified atom stereocenters. The minimum atomic E-state index is -3.52. The van der Waals surface area contributed by atoms with Crippen LogP contribution < -0.4 is 10.5 Å². The van der Waals surface area contributed by atoms with Crippen LogP contribution in [0.4, 0.5) is 0 Å². The highest BCUT2D eigenvalue weighted by Gasteiger charge is 2.37. The molecule has 4 N–H and O–H groups in total. The van der Waals surface area contributed by atoms with E-state index in [2.05, 4.69) is 14.9 Å². The van der Waals surface area contributed by atoms with Gasteiger partial charge in [-0.15, -0.1) is 0 Å². The lowest BCUT2D eigenvalue weighted by Gasteiger charge is -2.04. The zero-order chi connectivity index (χ0) is 11.9. The van der Waals surface area contributed by atoms with Crippen LogP contribution >= 0.6 is 0 Å². The number of rotatable bonds is 4. The molecule has 0 aliphatic heterocycles. The van der Waals surface area contributed by atoms with E-state index in [9.17, 15) is 8.42 Å². The van der Waals surface area contributed by atoms with Crippen molar-refractivity contribution in [3.63, 3.8) is 0 Å². The maximum atomic E-state index is 12.0. The van der Waals surface area contributed by atoms with Gasteiger partial charge in [0.05, 0.1) is 0 Å². The van der Waals surface area contributed by atoms with Gasteiger partial charge in [-0.2, -0.15) is 5.10 Å². The maximum Gasteiger partial charge on any atom is 0.260 e. The predicted molar refractivity (Wildman–Crippen MR) is 59.1 cm³/mol. The largest absolute Gasteiger partial charge is 0.326 e. The van der Waals surface area contributed by atoms with E-state index >= 15 is 0 Å². The maximum absolute atomic E-state index is 12.0. The third-order valence-electron chi connectivity index (χ3n) is 2.91. The molecular formula is C9H16N4O2S. The zero-order valence-corrected chi connectivity index (χ0v) is 10.1. The molecule has 0 aromatic carbocycles. The van der Waals surface area contributed by atoms with E-state index in [0.29, 0.717) is 17.2 Å². The highest BCUT2D eigenvalue weighted by atomic mass is 32.2. The lowest BCUT2D eigenvalue weighted by atomic mass is 10.3. The van der Waals surface area contributed by atoms with Crippen LogP contribution in [-0.4, -0.2) is 24.7 Å². The first kappa shape index (κ1) is 11.6. The summed E-state index contributed by atoms with van der Waals surface area (Å²) in [6, 6.07) is 0.0487. The Hall–Kier alpha value is -0.920. The molecule has 1 aliphatic rings. The van der Waals surface area contributed by atoms with Crippen molar-refractivity contribution in [3.05, 3.63) is 11.3 Å². The van der Waals surface area contributed by atoms with Crippen molar-refractivity contribution in [3.8, 4) is 0 Å². The average Bonchev–Trinajstić information content (AvgIpc) is 2.74. The smallest absolute Gasteiger partial charge is 0.260 e. The third-order valence-corrected chi connectivity index (χ3v) is 4.37. The van der Waals surface area contributed by atoms with Gasteiger partial charge in [-0.1, -0.05) is 6.92 Å². The number of H-pyrrole nitrogens is 1. The van der Waals surface area contributed by atoms with Crippen LogP contribution in [0, 0.1) is 12.8 Å². The van der Waals surface area contributed by atoms with Crippen LogP contribution in [0.15, 0.2) is 5.03 Å². The molecular weight excluding hydrogens is 228 g/mol. The van der Waals surface area contributed by atoms with Gasteiger partial charge in [-0.25, -0.2) is 13.1 Å². The topological polar surface area (TPSA) is 101 Å². The SMILES string of the molecule is Cc1[nH]nc(S(=O)(=O)NC2CC2C)c1CN. The van der Waals surface area contributed by atoms with E-state index < -0.39 is 10.0 Å². The zero-order valence-electron chi connectivity index (χ0n) is 9.32. The van der Waals surface area contributed by atoms with Crippen LogP contribution in [0.2, 0.25) is 0 Å². The quantitative estimate of drug-likeness (QED) is 0.686. The summed E-state index contributed by atoms with van der Waals surface area (Å²) < 4.78 is 26.6. The summed E-state index contributed by atoms with van der Waals surface area (Å²) in [5, 5.41) is 6.49. The fraction of sp³-hybridized carbons (Fsp3) is 0.667. The van der Waals surface area contributed by atoms with Crippen LogP contribution in [0.3, 0.4) is 0 Å². The number of hydrogen-bond acceptors (Lipinski definition) is 4. The van der Waals surface area contributed by atoms with Gasteiger partial charge >= 0.3 is 0 Å². The number of aryl methyl sites for hydroxylation is 1. The normalized spacial score (nSPS) is 24.7.